The molecular weight excluding hydrogens is 330 g/mol. The maximum atomic E-state index is 12.5. The topological polar surface area (TPSA) is 84.7 Å². The lowest BCUT2D eigenvalue weighted by Gasteiger charge is -2.17. The van der Waals surface area contributed by atoms with Gasteiger partial charge in [-0.2, -0.15) is 0 Å². The summed E-state index contributed by atoms with van der Waals surface area (Å²) in [6.45, 7) is 3.45. The fraction of sp³-hybridized carbons (Fsp3) is 0.529. The van der Waals surface area contributed by atoms with Crippen LogP contribution in [0.25, 0.3) is 0 Å². The van der Waals surface area contributed by atoms with Gasteiger partial charge >= 0.3 is 0 Å². The maximum absolute atomic E-state index is 12.5. The number of anilines is 1. The molecule has 1 unspecified atom stereocenters. The molecule has 1 fully saturated rings. The van der Waals surface area contributed by atoms with E-state index in [0.717, 1.165) is 25.9 Å². The lowest BCUT2D eigenvalue weighted by Crippen LogP contribution is -2.27. The average Bonchev–Trinajstić information content (AvgIpc) is 3.06. The molecule has 0 aromatic heterocycles. The number of hydrogen-bond acceptors (Lipinski definition) is 4. The number of ether oxygens (including phenoxy) is 1. The van der Waals surface area contributed by atoms with Crippen molar-refractivity contribution in [1.82, 2.24) is 4.90 Å². The van der Waals surface area contributed by atoms with Crippen molar-refractivity contribution in [3.8, 4) is 5.75 Å². The van der Waals surface area contributed by atoms with Gasteiger partial charge in [-0.1, -0.05) is 0 Å². The number of nitrogens with one attached hydrogen (secondary N) is 1. The lowest BCUT2D eigenvalue weighted by molar-refractivity contribution is -0.116. The highest BCUT2D eigenvalue weighted by Gasteiger charge is 2.20. The Morgan fingerprint density at radius 2 is 2.00 bits per heavy atom. The minimum atomic E-state index is -0.133. The minimum Gasteiger partial charge on any atom is -0.495 e. The summed E-state index contributed by atoms with van der Waals surface area (Å²) in [6.07, 6.45) is 3.04. The van der Waals surface area contributed by atoms with Crippen LogP contribution in [0.5, 0.6) is 5.75 Å². The van der Waals surface area contributed by atoms with Crippen LogP contribution >= 0.6 is 12.4 Å². The zero-order chi connectivity index (χ0) is 16.8. The van der Waals surface area contributed by atoms with E-state index in [0.29, 0.717) is 29.8 Å². The van der Waals surface area contributed by atoms with Crippen molar-refractivity contribution in [2.24, 2.45) is 5.73 Å². The van der Waals surface area contributed by atoms with E-state index in [4.69, 9.17) is 10.5 Å². The Labute approximate surface area is 149 Å². The van der Waals surface area contributed by atoms with Gasteiger partial charge in [0.05, 0.1) is 12.8 Å². The second kappa shape index (κ2) is 9.49. The molecule has 1 saturated heterocycles. The van der Waals surface area contributed by atoms with Gasteiger partial charge in [0, 0.05) is 31.1 Å². The predicted octanol–water partition coefficient (Wildman–Crippen LogP) is 2.42. The number of rotatable bonds is 6. The molecular formula is C17H26ClN3O3. The van der Waals surface area contributed by atoms with E-state index in [9.17, 15) is 9.59 Å². The van der Waals surface area contributed by atoms with Gasteiger partial charge in [-0.15, -0.1) is 12.4 Å². The molecule has 3 N–H and O–H groups in total. The normalized spacial score (nSPS) is 14.7. The molecule has 0 radical (unpaired) electrons. The monoisotopic (exact) mass is 355 g/mol. The van der Waals surface area contributed by atoms with E-state index in [1.165, 1.54) is 7.11 Å². The highest BCUT2D eigenvalue weighted by atomic mass is 35.5. The molecule has 6 nitrogen and oxygen atoms in total. The highest BCUT2D eigenvalue weighted by molar-refractivity contribution is 5.98. The molecule has 2 amide bonds. The quantitative estimate of drug-likeness (QED) is 0.820. The van der Waals surface area contributed by atoms with E-state index in [-0.39, 0.29) is 30.3 Å². The lowest BCUT2D eigenvalue weighted by atomic mass is 10.1. The van der Waals surface area contributed by atoms with E-state index >= 15 is 0 Å². The third-order valence-electron chi connectivity index (χ3n) is 3.94. The number of likely N-dealkylation sites (tertiary alicyclic amines) is 1. The fourth-order valence-electron chi connectivity index (χ4n) is 2.61. The number of methoxy groups -OCH3 is 1. The second-order valence-electron chi connectivity index (χ2n) is 5.98. The molecule has 1 heterocycles. The van der Waals surface area contributed by atoms with Crippen molar-refractivity contribution in [2.75, 3.05) is 25.5 Å². The molecule has 1 aliphatic heterocycles. The molecule has 1 aromatic rings. The van der Waals surface area contributed by atoms with E-state index in [1.54, 1.807) is 18.2 Å². The van der Waals surface area contributed by atoms with Crippen molar-refractivity contribution in [3.63, 3.8) is 0 Å². The summed E-state index contributed by atoms with van der Waals surface area (Å²) in [4.78, 5) is 26.3. The Balaban J connectivity index is 0.00000288. The number of carbonyl (C=O) groups excluding carboxylic acids is 2. The van der Waals surface area contributed by atoms with Crippen molar-refractivity contribution in [1.29, 1.82) is 0 Å². The summed E-state index contributed by atoms with van der Waals surface area (Å²) in [5, 5.41) is 2.81. The van der Waals surface area contributed by atoms with Crippen LogP contribution < -0.4 is 15.8 Å². The van der Waals surface area contributed by atoms with Crippen LogP contribution in [0.3, 0.4) is 0 Å². The number of nitrogens with zero attached hydrogens (tertiary/aromatic N) is 1. The molecule has 0 saturated carbocycles. The minimum absolute atomic E-state index is 0. The van der Waals surface area contributed by atoms with Gasteiger partial charge in [0.2, 0.25) is 5.91 Å². The number of carbonyl (C=O) groups is 2. The van der Waals surface area contributed by atoms with E-state index in [1.807, 2.05) is 11.8 Å². The molecule has 1 aromatic carbocycles. The van der Waals surface area contributed by atoms with Crippen molar-refractivity contribution < 1.29 is 14.3 Å². The molecule has 1 aliphatic rings. The van der Waals surface area contributed by atoms with Gasteiger partial charge in [0.1, 0.15) is 5.75 Å². The first kappa shape index (κ1) is 20.3. The third-order valence-corrected chi connectivity index (χ3v) is 3.94. The van der Waals surface area contributed by atoms with Crippen LogP contribution in [-0.4, -0.2) is 43.0 Å². The molecule has 0 bridgehead atoms. The number of amides is 2. The highest BCUT2D eigenvalue weighted by Crippen LogP contribution is 2.27. The zero-order valence-corrected chi connectivity index (χ0v) is 15.0. The molecule has 1 atom stereocenters. The number of benzene rings is 1. The first-order chi connectivity index (χ1) is 11.0. The summed E-state index contributed by atoms with van der Waals surface area (Å²) in [5.41, 5.74) is 6.75. The zero-order valence-electron chi connectivity index (χ0n) is 14.2. The second-order valence-corrected chi connectivity index (χ2v) is 5.98. The van der Waals surface area contributed by atoms with E-state index < -0.39 is 0 Å². The molecule has 0 spiro atoms. The number of nitrogens with two attached hydrogens (primary N) is 1. The van der Waals surface area contributed by atoms with Crippen LogP contribution in [0.2, 0.25) is 0 Å². The Morgan fingerprint density at radius 1 is 1.33 bits per heavy atom. The molecule has 2 rings (SSSR count). The first-order valence-corrected chi connectivity index (χ1v) is 8.04. The van der Waals surface area contributed by atoms with Crippen LogP contribution in [0.1, 0.15) is 43.0 Å². The molecule has 0 aliphatic carbocycles. The number of hydrogen-bond donors (Lipinski definition) is 2. The van der Waals surface area contributed by atoms with Crippen LogP contribution in [-0.2, 0) is 4.79 Å². The van der Waals surface area contributed by atoms with Gasteiger partial charge < -0.3 is 20.7 Å². The Kier molecular flexibility index (Phi) is 8.01. The van der Waals surface area contributed by atoms with Crippen LogP contribution in [0.15, 0.2) is 18.2 Å². The average molecular weight is 356 g/mol. The van der Waals surface area contributed by atoms with Crippen molar-refractivity contribution in [3.05, 3.63) is 23.8 Å². The summed E-state index contributed by atoms with van der Waals surface area (Å²) >= 11 is 0. The van der Waals surface area contributed by atoms with Gasteiger partial charge in [-0.25, -0.2) is 0 Å². The smallest absolute Gasteiger partial charge is 0.253 e. The van der Waals surface area contributed by atoms with Gasteiger partial charge in [0.25, 0.3) is 5.91 Å². The van der Waals surface area contributed by atoms with E-state index in [2.05, 4.69) is 5.32 Å². The predicted molar refractivity (Wildman–Crippen MR) is 96.9 cm³/mol. The summed E-state index contributed by atoms with van der Waals surface area (Å²) in [6, 6.07) is 5.11. The van der Waals surface area contributed by atoms with Crippen LogP contribution in [0.4, 0.5) is 5.69 Å². The maximum Gasteiger partial charge on any atom is 0.253 e. The molecule has 24 heavy (non-hydrogen) atoms. The Morgan fingerprint density at radius 3 is 2.58 bits per heavy atom. The van der Waals surface area contributed by atoms with Crippen molar-refractivity contribution in [2.45, 2.75) is 38.6 Å². The Bertz CT molecular complexity index is 572. The Hall–Kier alpha value is -1.79. The van der Waals surface area contributed by atoms with Gasteiger partial charge in [-0.05, 0) is 44.4 Å². The van der Waals surface area contributed by atoms with Crippen molar-refractivity contribution >= 4 is 29.9 Å². The van der Waals surface area contributed by atoms with Gasteiger partial charge in [0.15, 0.2) is 0 Å². The number of halogens is 1. The first-order valence-electron chi connectivity index (χ1n) is 8.04. The summed E-state index contributed by atoms with van der Waals surface area (Å²) in [5.74, 6) is 0.403. The SMILES string of the molecule is COc1ccc(C(=O)N2CCCC2)cc1NC(=O)CCC(C)N.Cl. The molecule has 134 valence electrons. The third kappa shape index (κ3) is 5.39. The molecule has 7 heteroatoms. The fourth-order valence-corrected chi connectivity index (χ4v) is 2.61. The summed E-state index contributed by atoms with van der Waals surface area (Å²) < 4.78 is 5.27. The van der Waals surface area contributed by atoms with Crippen LogP contribution in [0, 0.1) is 0 Å². The largest absolute Gasteiger partial charge is 0.495 e. The standard InChI is InChI=1S/C17H25N3O3.ClH/c1-12(18)5-8-16(21)19-14-11-13(6-7-15(14)23-2)17(22)20-9-3-4-10-20;/h6-7,11-12H,3-5,8-10,18H2,1-2H3,(H,19,21);1H. The summed E-state index contributed by atoms with van der Waals surface area (Å²) in [7, 11) is 1.54. The van der Waals surface area contributed by atoms with Gasteiger partial charge in [-0.3, -0.25) is 9.59 Å².